The van der Waals surface area contributed by atoms with E-state index in [0.29, 0.717) is 6.54 Å². The lowest BCUT2D eigenvalue weighted by molar-refractivity contribution is -0.137. The summed E-state index contributed by atoms with van der Waals surface area (Å²) in [5, 5.41) is 11.0. The fourth-order valence-corrected chi connectivity index (χ4v) is 3.66. The van der Waals surface area contributed by atoms with E-state index in [1.165, 1.54) is 11.3 Å². The Labute approximate surface area is 126 Å². The molecule has 0 radical (unpaired) electrons. The minimum Gasteiger partial charge on any atom is -0.481 e. The molecule has 0 aliphatic carbocycles. The molecule has 21 heavy (non-hydrogen) atoms. The Morgan fingerprint density at radius 2 is 2.10 bits per heavy atom. The number of anilines is 1. The van der Waals surface area contributed by atoms with Crippen molar-refractivity contribution in [3.63, 3.8) is 0 Å². The summed E-state index contributed by atoms with van der Waals surface area (Å²) >= 11 is 1.43. The normalized spacial score (nSPS) is 16.8. The van der Waals surface area contributed by atoms with Crippen LogP contribution in [0.3, 0.4) is 0 Å². The Bertz CT molecular complexity index is 707. The van der Waals surface area contributed by atoms with Crippen molar-refractivity contribution in [3.8, 4) is 0 Å². The molecule has 4 nitrogen and oxygen atoms in total. The molecule has 0 spiro atoms. The van der Waals surface area contributed by atoms with E-state index in [0.717, 1.165) is 21.7 Å². The number of carboxylic acids is 1. The van der Waals surface area contributed by atoms with Crippen LogP contribution in [-0.2, 0) is 4.79 Å². The molecule has 1 aromatic heterocycles. The predicted octanol–water partition coefficient (Wildman–Crippen LogP) is 3.28. The quantitative estimate of drug-likeness (QED) is 0.946. The van der Waals surface area contributed by atoms with Gasteiger partial charge in [0.15, 0.2) is 0 Å². The summed E-state index contributed by atoms with van der Waals surface area (Å²) in [4.78, 5) is 26.2. The lowest BCUT2D eigenvalue weighted by atomic mass is 9.98. The van der Waals surface area contributed by atoms with Crippen molar-refractivity contribution in [1.29, 1.82) is 0 Å². The smallest absolute Gasteiger partial charge is 0.304 e. The van der Waals surface area contributed by atoms with E-state index < -0.39 is 5.97 Å². The van der Waals surface area contributed by atoms with Crippen molar-refractivity contribution in [1.82, 2.24) is 0 Å². The first-order valence-corrected chi connectivity index (χ1v) is 7.62. The van der Waals surface area contributed by atoms with Crippen LogP contribution in [0.15, 0.2) is 35.7 Å². The monoisotopic (exact) mass is 301 g/mol. The Balaban J connectivity index is 1.96. The molecule has 5 heteroatoms. The Hall–Kier alpha value is -2.14. The molecular weight excluding hydrogens is 286 g/mol. The fourth-order valence-electron chi connectivity index (χ4n) is 2.79. The van der Waals surface area contributed by atoms with Crippen LogP contribution in [0.4, 0.5) is 5.69 Å². The van der Waals surface area contributed by atoms with Gasteiger partial charge in [0.25, 0.3) is 5.91 Å². The number of para-hydroxylation sites is 1. The zero-order chi connectivity index (χ0) is 15.0. The zero-order valence-corrected chi connectivity index (χ0v) is 12.4. The SMILES string of the molecule is Cc1ccsc1C(=O)N1CC(CC(=O)O)c2ccccc21. The molecule has 1 aliphatic rings. The highest BCUT2D eigenvalue weighted by Gasteiger charge is 2.34. The largest absolute Gasteiger partial charge is 0.481 e. The first kappa shape index (κ1) is 13.8. The summed E-state index contributed by atoms with van der Waals surface area (Å²) in [6.45, 7) is 2.35. The molecule has 1 amide bonds. The second-order valence-electron chi connectivity index (χ2n) is 5.20. The summed E-state index contributed by atoms with van der Waals surface area (Å²) in [5.41, 5.74) is 2.74. The molecule has 2 heterocycles. The number of aryl methyl sites for hydroxylation is 1. The van der Waals surface area contributed by atoms with Crippen LogP contribution in [0.2, 0.25) is 0 Å². The highest BCUT2D eigenvalue weighted by molar-refractivity contribution is 7.12. The summed E-state index contributed by atoms with van der Waals surface area (Å²) in [6.07, 6.45) is 0.0458. The van der Waals surface area contributed by atoms with Crippen molar-refractivity contribution >= 4 is 28.9 Å². The lowest BCUT2D eigenvalue weighted by Gasteiger charge is -2.17. The topological polar surface area (TPSA) is 57.6 Å². The predicted molar refractivity (Wildman–Crippen MR) is 82.2 cm³/mol. The summed E-state index contributed by atoms with van der Waals surface area (Å²) in [5.74, 6) is -1.01. The zero-order valence-electron chi connectivity index (χ0n) is 11.6. The number of fused-ring (bicyclic) bond motifs is 1. The number of carbonyl (C=O) groups excluding carboxylic acids is 1. The number of carboxylic acid groups (broad SMARTS) is 1. The molecule has 0 saturated heterocycles. The van der Waals surface area contributed by atoms with Crippen LogP contribution in [-0.4, -0.2) is 23.5 Å². The van der Waals surface area contributed by atoms with Crippen molar-refractivity contribution in [2.45, 2.75) is 19.3 Å². The van der Waals surface area contributed by atoms with Gasteiger partial charge in [-0.05, 0) is 35.6 Å². The number of nitrogens with zero attached hydrogens (tertiary/aromatic N) is 1. The van der Waals surface area contributed by atoms with Gasteiger partial charge < -0.3 is 10.0 Å². The molecule has 1 N–H and O–H groups in total. The number of thiophene rings is 1. The Morgan fingerprint density at radius 3 is 2.76 bits per heavy atom. The molecule has 0 fully saturated rings. The van der Waals surface area contributed by atoms with Crippen LogP contribution < -0.4 is 4.90 Å². The molecule has 108 valence electrons. The Kier molecular flexibility index (Phi) is 3.51. The van der Waals surface area contributed by atoms with Crippen LogP contribution in [0.1, 0.15) is 33.1 Å². The third-order valence-corrected chi connectivity index (χ3v) is 4.80. The summed E-state index contributed by atoms with van der Waals surface area (Å²) in [6, 6.07) is 9.49. The van der Waals surface area contributed by atoms with Gasteiger partial charge in [-0.15, -0.1) is 11.3 Å². The molecule has 1 atom stereocenters. The second-order valence-corrected chi connectivity index (χ2v) is 6.12. The summed E-state index contributed by atoms with van der Waals surface area (Å²) < 4.78 is 0. The molecule has 3 rings (SSSR count). The standard InChI is InChI=1S/C16H15NO3S/c1-10-6-7-21-15(10)16(20)17-9-11(8-14(18)19)12-4-2-3-5-13(12)17/h2-7,11H,8-9H2,1H3,(H,18,19). The maximum absolute atomic E-state index is 12.7. The van der Waals surface area contributed by atoms with Gasteiger partial charge in [-0.3, -0.25) is 9.59 Å². The van der Waals surface area contributed by atoms with Crippen molar-refractivity contribution in [2.24, 2.45) is 0 Å². The number of amides is 1. The van der Waals surface area contributed by atoms with Crippen molar-refractivity contribution < 1.29 is 14.7 Å². The maximum Gasteiger partial charge on any atom is 0.304 e. The van der Waals surface area contributed by atoms with Crippen LogP contribution in [0.5, 0.6) is 0 Å². The third-order valence-electron chi connectivity index (χ3n) is 3.79. The van der Waals surface area contributed by atoms with E-state index >= 15 is 0 Å². The molecule has 0 bridgehead atoms. The maximum atomic E-state index is 12.7. The number of rotatable bonds is 3. The van der Waals surface area contributed by atoms with Crippen LogP contribution in [0, 0.1) is 6.92 Å². The van der Waals surface area contributed by atoms with Crippen molar-refractivity contribution in [2.75, 3.05) is 11.4 Å². The van der Waals surface area contributed by atoms with Gasteiger partial charge in [0, 0.05) is 18.2 Å². The number of carbonyl (C=O) groups is 2. The average Bonchev–Trinajstić information content (AvgIpc) is 3.02. The average molecular weight is 301 g/mol. The molecule has 2 aromatic rings. The molecule has 1 unspecified atom stereocenters. The number of benzene rings is 1. The van der Waals surface area contributed by atoms with Gasteiger partial charge in [-0.25, -0.2) is 0 Å². The summed E-state index contributed by atoms with van der Waals surface area (Å²) in [7, 11) is 0. The minimum atomic E-state index is -0.837. The van der Waals surface area contributed by atoms with Gasteiger partial charge in [-0.2, -0.15) is 0 Å². The van der Waals surface area contributed by atoms with Crippen LogP contribution >= 0.6 is 11.3 Å². The molecular formula is C16H15NO3S. The second kappa shape index (κ2) is 5.33. The van der Waals surface area contributed by atoms with Gasteiger partial charge in [0.05, 0.1) is 11.3 Å². The van der Waals surface area contributed by atoms with Gasteiger partial charge >= 0.3 is 5.97 Å². The lowest BCUT2D eigenvalue weighted by Crippen LogP contribution is -2.30. The number of hydrogen-bond donors (Lipinski definition) is 1. The third kappa shape index (κ3) is 2.45. The van der Waals surface area contributed by atoms with E-state index in [4.69, 9.17) is 5.11 Å². The first-order chi connectivity index (χ1) is 10.1. The molecule has 0 saturated carbocycles. The van der Waals surface area contributed by atoms with Gasteiger partial charge in [-0.1, -0.05) is 18.2 Å². The fraction of sp³-hybridized carbons (Fsp3) is 0.250. The molecule has 1 aliphatic heterocycles. The van der Waals surface area contributed by atoms with E-state index in [9.17, 15) is 9.59 Å². The highest BCUT2D eigenvalue weighted by Crippen LogP contribution is 2.39. The highest BCUT2D eigenvalue weighted by atomic mass is 32.1. The van der Waals surface area contributed by atoms with Crippen LogP contribution in [0.25, 0.3) is 0 Å². The van der Waals surface area contributed by atoms with E-state index in [-0.39, 0.29) is 18.2 Å². The number of hydrogen-bond acceptors (Lipinski definition) is 3. The van der Waals surface area contributed by atoms with E-state index in [1.807, 2.05) is 42.6 Å². The van der Waals surface area contributed by atoms with Crippen molar-refractivity contribution in [3.05, 3.63) is 51.7 Å². The van der Waals surface area contributed by atoms with Gasteiger partial charge in [0.2, 0.25) is 0 Å². The van der Waals surface area contributed by atoms with Gasteiger partial charge in [0.1, 0.15) is 0 Å². The van der Waals surface area contributed by atoms with E-state index in [2.05, 4.69) is 0 Å². The first-order valence-electron chi connectivity index (χ1n) is 6.74. The Morgan fingerprint density at radius 1 is 1.33 bits per heavy atom. The minimum absolute atomic E-state index is 0.0390. The molecule has 1 aromatic carbocycles. The van der Waals surface area contributed by atoms with E-state index in [1.54, 1.807) is 4.90 Å². The number of aliphatic carboxylic acids is 1.